The van der Waals surface area contributed by atoms with E-state index in [1.54, 1.807) is 33.3 Å². The van der Waals surface area contributed by atoms with Gasteiger partial charge in [0, 0.05) is 6.54 Å². The largest absolute Gasteiger partial charge is 0.493 e. The van der Waals surface area contributed by atoms with Crippen molar-refractivity contribution in [2.24, 2.45) is 0 Å². The van der Waals surface area contributed by atoms with Crippen LogP contribution >= 0.6 is 0 Å². The van der Waals surface area contributed by atoms with Crippen LogP contribution in [0.2, 0.25) is 0 Å². The lowest BCUT2D eigenvalue weighted by Crippen LogP contribution is -2.41. The minimum atomic E-state index is -1.10. The number of methoxy groups -OCH3 is 2. The van der Waals surface area contributed by atoms with Gasteiger partial charge < -0.3 is 19.3 Å². The lowest BCUT2D eigenvalue weighted by Gasteiger charge is -2.25. The molecule has 2 aromatic carbocycles. The number of aliphatic hydroxyl groups is 1. The molecule has 0 aromatic heterocycles. The highest BCUT2D eigenvalue weighted by Gasteiger charge is 2.21. The monoisotopic (exact) mass is 385 g/mol. The van der Waals surface area contributed by atoms with Crippen molar-refractivity contribution < 1.29 is 24.1 Å². The Bertz CT molecular complexity index is 776. The molecule has 0 aliphatic carbocycles. The van der Waals surface area contributed by atoms with Crippen LogP contribution in [0.5, 0.6) is 11.5 Å². The van der Waals surface area contributed by atoms with Gasteiger partial charge in [-0.25, -0.2) is 4.79 Å². The Balaban J connectivity index is 2.10. The van der Waals surface area contributed by atoms with E-state index in [9.17, 15) is 9.90 Å². The van der Waals surface area contributed by atoms with Crippen LogP contribution in [0, 0.1) is 0 Å². The maximum atomic E-state index is 12.3. The van der Waals surface area contributed by atoms with E-state index in [-0.39, 0.29) is 13.2 Å². The van der Waals surface area contributed by atoms with Gasteiger partial charge in [-0.3, -0.25) is 4.90 Å². The summed E-state index contributed by atoms with van der Waals surface area (Å²) in [5.74, 6) is 1.26. The maximum absolute atomic E-state index is 12.3. The molecule has 150 valence electrons. The predicted octanol–water partition coefficient (Wildman–Crippen LogP) is 3.74. The Morgan fingerprint density at radius 3 is 2.46 bits per heavy atom. The molecule has 1 unspecified atom stereocenters. The van der Waals surface area contributed by atoms with E-state index in [1.165, 1.54) is 4.90 Å². The third-order valence-corrected chi connectivity index (χ3v) is 4.17. The summed E-state index contributed by atoms with van der Waals surface area (Å²) in [5, 5.41) is 10.5. The van der Waals surface area contributed by atoms with E-state index in [4.69, 9.17) is 14.2 Å². The fourth-order valence-electron chi connectivity index (χ4n) is 2.69. The predicted molar refractivity (Wildman–Crippen MR) is 108 cm³/mol. The average molecular weight is 385 g/mol. The third-order valence-electron chi connectivity index (χ3n) is 4.17. The SMILES string of the molecule is CCOC(=O)N(CCc1ccc(OC)c(OC)c1)C(O)/C=C/c1ccccc1. The number of carbonyl (C=O) groups excluding carboxylic acids is 1. The van der Waals surface area contributed by atoms with Crippen LogP contribution in [0.4, 0.5) is 4.79 Å². The molecule has 6 heteroatoms. The number of amides is 1. The van der Waals surface area contributed by atoms with Crippen molar-refractivity contribution >= 4 is 12.2 Å². The molecule has 0 aliphatic rings. The molecule has 0 saturated carbocycles. The molecule has 1 amide bonds. The summed E-state index contributed by atoms with van der Waals surface area (Å²) >= 11 is 0. The molecule has 0 bridgehead atoms. The van der Waals surface area contributed by atoms with Crippen molar-refractivity contribution in [3.8, 4) is 11.5 Å². The number of rotatable bonds is 9. The first-order valence-electron chi connectivity index (χ1n) is 9.14. The second-order valence-electron chi connectivity index (χ2n) is 6.02. The molecule has 28 heavy (non-hydrogen) atoms. The Morgan fingerprint density at radius 1 is 1.11 bits per heavy atom. The summed E-state index contributed by atoms with van der Waals surface area (Å²) in [6, 6.07) is 15.1. The first-order chi connectivity index (χ1) is 13.6. The number of aliphatic hydroxyl groups excluding tert-OH is 1. The topological polar surface area (TPSA) is 68.2 Å². The first-order valence-corrected chi connectivity index (χ1v) is 9.14. The molecular weight excluding hydrogens is 358 g/mol. The van der Waals surface area contributed by atoms with Gasteiger partial charge in [0.15, 0.2) is 17.7 Å². The van der Waals surface area contributed by atoms with Crippen molar-refractivity contribution in [1.82, 2.24) is 4.90 Å². The summed E-state index contributed by atoms with van der Waals surface area (Å²) < 4.78 is 15.6. The quantitative estimate of drug-likeness (QED) is 0.666. The van der Waals surface area contributed by atoms with Crippen molar-refractivity contribution in [3.05, 3.63) is 65.7 Å². The number of benzene rings is 2. The van der Waals surface area contributed by atoms with Crippen molar-refractivity contribution in [2.45, 2.75) is 19.6 Å². The van der Waals surface area contributed by atoms with Crippen LogP contribution in [0.1, 0.15) is 18.1 Å². The van der Waals surface area contributed by atoms with Crippen LogP contribution in [0.3, 0.4) is 0 Å². The maximum Gasteiger partial charge on any atom is 0.412 e. The average Bonchev–Trinajstić information content (AvgIpc) is 2.73. The molecule has 0 aliphatic heterocycles. The van der Waals surface area contributed by atoms with E-state index < -0.39 is 12.3 Å². The number of hydrogen-bond acceptors (Lipinski definition) is 5. The van der Waals surface area contributed by atoms with E-state index >= 15 is 0 Å². The normalized spacial score (nSPS) is 11.9. The van der Waals surface area contributed by atoms with Gasteiger partial charge >= 0.3 is 6.09 Å². The molecule has 0 radical (unpaired) electrons. The van der Waals surface area contributed by atoms with Gasteiger partial charge in [-0.15, -0.1) is 0 Å². The van der Waals surface area contributed by atoms with E-state index in [2.05, 4.69) is 0 Å². The number of nitrogens with zero attached hydrogens (tertiary/aromatic N) is 1. The molecule has 6 nitrogen and oxygen atoms in total. The molecule has 0 fully saturated rings. The summed E-state index contributed by atoms with van der Waals surface area (Å²) in [6.07, 6.45) is 2.21. The molecule has 2 rings (SSSR count). The smallest absolute Gasteiger partial charge is 0.412 e. The van der Waals surface area contributed by atoms with Crippen LogP contribution in [0.25, 0.3) is 6.08 Å². The van der Waals surface area contributed by atoms with E-state index in [0.717, 1.165) is 11.1 Å². The standard InChI is InChI=1S/C22H27NO5/c1-4-28-22(25)23(21(24)13-11-17-8-6-5-7-9-17)15-14-18-10-12-19(26-2)20(16-18)27-3/h5-13,16,21,24H,4,14-15H2,1-3H3/b13-11+. The van der Waals surface area contributed by atoms with Crippen LogP contribution in [-0.2, 0) is 11.2 Å². The van der Waals surface area contributed by atoms with Gasteiger partial charge in [-0.1, -0.05) is 42.5 Å². The van der Waals surface area contributed by atoms with Crippen LogP contribution in [-0.4, -0.2) is 49.7 Å². The lowest BCUT2D eigenvalue weighted by molar-refractivity contribution is 0.0289. The van der Waals surface area contributed by atoms with Gasteiger partial charge in [0.05, 0.1) is 20.8 Å². The zero-order valence-electron chi connectivity index (χ0n) is 16.5. The van der Waals surface area contributed by atoms with Crippen molar-refractivity contribution in [2.75, 3.05) is 27.4 Å². The zero-order valence-corrected chi connectivity index (χ0v) is 16.5. The summed E-state index contributed by atoms with van der Waals surface area (Å²) in [6.45, 7) is 2.26. The van der Waals surface area contributed by atoms with Gasteiger partial charge in [0.1, 0.15) is 0 Å². The van der Waals surface area contributed by atoms with E-state index in [1.807, 2.05) is 48.5 Å². The molecule has 0 saturated heterocycles. The fourth-order valence-corrected chi connectivity index (χ4v) is 2.69. The minimum absolute atomic E-state index is 0.237. The Morgan fingerprint density at radius 2 is 1.82 bits per heavy atom. The van der Waals surface area contributed by atoms with Gasteiger partial charge in [-0.2, -0.15) is 0 Å². The van der Waals surface area contributed by atoms with Gasteiger partial charge in [0.25, 0.3) is 0 Å². The van der Waals surface area contributed by atoms with Crippen LogP contribution < -0.4 is 9.47 Å². The van der Waals surface area contributed by atoms with Gasteiger partial charge in [0.2, 0.25) is 0 Å². The summed E-state index contributed by atoms with van der Waals surface area (Å²) in [4.78, 5) is 13.6. The third kappa shape index (κ3) is 6.03. The number of carbonyl (C=O) groups is 1. The Kier molecular flexibility index (Phi) is 8.37. The lowest BCUT2D eigenvalue weighted by atomic mass is 10.1. The summed E-state index contributed by atoms with van der Waals surface area (Å²) in [5.41, 5.74) is 1.89. The molecular formula is C22H27NO5. The molecule has 1 N–H and O–H groups in total. The minimum Gasteiger partial charge on any atom is -0.493 e. The summed E-state index contributed by atoms with van der Waals surface area (Å²) in [7, 11) is 3.15. The fraction of sp³-hybridized carbons (Fsp3) is 0.318. The molecule has 0 spiro atoms. The molecule has 1 atom stereocenters. The molecule has 0 heterocycles. The Labute approximate surface area is 166 Å². The van der Waals surface area contributed by atoms with Gasteiger partial charge in [-0.05, 0) is 42.7 Å². The Hall–Kier alpha value is -2.99. The highest BCUT2D eigenvalue weighted by atomic mass is 16.6. The van der Waals surface area contributed by atoms with Crippen molar-refractivity contribution in [1.29, 1.82) is 0 Å². The van der Waals surface area contributed by atoms with Crippen molar-refractivity contribution in [3.63, 3.8) is 0 Å². The van der Waals surface area contributed by atoms with E-state index in [0.29, 0.717) is 17.9 Å². The van der Waals surface area contributed by atoms with Crippen LogP contribution in [0.15, 0.2) is 54.6 Å². The zero-order chi connectivity index (χ0) is 20.4. The number of hydrogen-bond donors (Lipinski definition) is 1. The second-order valence-corrected chi connectivity index (χ2v) is 6.02. The second kappa shape index (κ2) is 11.0. The molecule has 2 aromatic rings. The first kappa shape index (κ1) is 21.3. The number of ether oxygens (including phenoxy) is 3. The highest BCUT2D eigenvalue weighted by Crippen LogP contribution is 2.27. The highest BCUT2D eigenvalue weighted by molar-refractivity contribution is 5.68.